The molecule has 0 radical (unpaired) electrons. The Kier molecular flexibility index (Phi) is 5.84. The van der Waals surface area contributed by atoms with Crippen LogP contribution in [0, 0.1) is 11.3 Å². The standard InChI is InChI=1S/C19H17NO2S2/c20-12-16-4-1-2-5-17(16)13-22-18(21)14-6-8-15(9-7-14)19-23-10-3-11-24-19/h1-2,4-9,19H,3,10-11,13H2. The van der Waals surface area contributed by atoms with E-state index in [1.54, 1.807) is 18.2 Å². The van der Waals surface area contributed by atoms with Gasteiger partial charge in [-0.1, -0.05) is 30.3 Å². The largest absolute Gasteiger partial charge is 0.457 e. The maximum Gasteiger partial charge on any atom is 0.338 e. The van der Waals surface area contributed by atoms with Crippen LogP contribution in [0.15, 0.2) is 48.5 Å². The van der Waals surface area contributed by atoms with Crippen molar-refractivity contribution >= 4 is 29.5 Å². The van der Waals surface area contributed by atoms with Crippen LogP contribution in [0.5, 0.6) is 0 Å². The second-order valence-corrected chi connectivity index (χ2v) is 8.12. The van der Waals surface area contributed by atoms with Crippen LogP contribution in [-0.4, -0.2) is 17.5 Å². The lowest BCUT2D eigenvalue weighted by Crippen LogP contribution is -2.07. The molecule has 24 heavy (non-hydrogen) atoms. The highest BCUT2D eigenvalue weighted by molar-refractivity contribution is 8.16. The summed E-state index contributed by atoms with van der Waals surface area (Å²) in [4.78, 5) is 12.2. The Hall–Kier alpha value is -1.90. The van der Waals surface area contributed by atoms with Crippen molar-refractivity contribution in [2.24, 2.45) is 0 Å². The first-order chi connectivity index (χ1) is 11.8. The van der Waals surface area contributed by atoms with E-state index in [0.717, 1.165) is 5.56 Å². The van der Waals surface area contributed by atoms with Crippen LogP contribution < -0.4 is 0 Å². The van der Waals surface area contributed by atoms with Gasteiger partial charge in [0, 0.05) is 5.56 Å². The number of carbonyl (C=O) groups is 1. The van der Waals surface area contributed by atoms with Crippen molar-refractivity contribution in [2.45, 2.75) is 17.6 Å². The third-order valence-electron chi connectivity index (χ3n) is 3.74. The van der Waals surface area contributed by atoms with Crippen LogP contribution in [-0.2, 0) is 11.3 Å². The molecule has 0 aromatic heterocycles. The number of thioether (sulfide) groups is 2. The fourth-order valence-corrected chi connectivity index (χ4v) is 5.33. The summed E-state index contributed by atoms with van der Waals surface area (Å²) in [6.07, 6.45) is 1.26. The number of ether oxygens (including phenoxy) is 1. The first kappa shape index (κ1) is 16.9. The summed E-state index contributed by atoms with van der Waals surface area (Å²) in [6.45, 7) is 0.110. The summed E-state index contributed by atoms with van der Waals surface area (Å²) in [5.74, 6) is 2.03. The van der Waals surface area contributed by atoms with Crippen LogP contribution in [0.25, 0.3) is 0 Å². The molecule has 1 heterocycles. The second kappa shape index (κ2) is 8.27. The van der Waals surface area contributed by atoms with Crippen molar-refractivity contribution < 1.29 is 9.53 Å². The molecule has 3 rings (SSSR count). The van der Waals surface area contributed by atoms with E-state index in [4.69, 9.17) is 10.00 Å². The molecule has 0 atom stereocenters. The van der Waals surface area contributed by atoms with E-state index in [0.29, 0.717) is 15.7 Å². The van der Waals surface area contributed by atoms with Gasteiger partial charge >= 0.3 is 5.97 Å². The molecule has 122 valence electrons. The van der Waals surface area contributed by atoms with E-state index in [-0.39, 0.29) is 12.6 Å². The van der Waals surface area contributed by atoms with Crippen LogP contribution >= 0.6 is 23.5 Å². The highest BCUT2D eigenvalue weighted by Gasteiger charge is 2.17. The smallest absolute Gasteiger partial charge is 0.338 e. The van der Waals surface area contributed by atoms with Gasteiger partial charge in [0.25, 0.3) is 0 Å². The van der Waals surface area contributed by atoms with Gasteiger partial charge in [-0.3, -0.25) is 0 Å². The van der Waals surface area contributed by atoms with E-state index in [1.165, 1.54) is 23.5 Å². The molecule has 0 spiro atoms. The number of carbonyl (C=O) groups excluding carboxylic acids is 1. The molecule has 5 heteroatoms. The minimum Gasteiger partial charge on any atom is -0.457 e. The number of nitriles is 1. The Balaban J connectivity index is 1.62. The fourth-order valence-electron chi connectivity index (χ4n) is 2.44. The fraction of sp³-hybridized carbons (Fsp3) is 0.263. The first-order valence-electron chi connectivity index (χ1n) is 7.76. The average Bonchev–Trinajstić information content (AvgIpc) is 2.67. The molecule has 1 fully saturated rings. The van der Waals surface area contributed by atoms with Crippen molar-refractivity contribution in [1.82, 2.24) is 0 Å². The number of rotatable bonds is 4. The summed E-state index contributed by atoms with van der Waals surface area (Å²) in [5, 5.41) is 9.06. The molecule has 2 aromatic rings. The van der Waals surface area contributed by atoms with E-state index < -0.39 is 0 Å². The van der Waals surface area contributed by atoms with Gasteiger partial charge < -0.3 is 4.74 Å². The van der Waals surface area contributed by atoms with Gasteiger partial charge in [0.1, 0.15) is 6.61 Å². The highest BCUT2D eigenvalue weighted by atomic mass is 32.2. The summed E-state index contributed by atoms with van der Waals surface area (Å²) < 4.78 is 5.81. The van der Waals surface area contributed by atoms with E-state index in [9.17, 15) is 4.79 Å². The molecule has 0 amide bonds. The van der Waals surface area contributed by atoms with Crippen molar-refractivity contribution in [3.05, 3.63) is 70.8 Å². The van der Waals surface area contributed by atoms with Gasteiger partial charge in [-0.2, -0.15) is 5.26 Å². The van der Waals surface area contributed by atoms with Gasteiger partial charge in [-0.15, -0.1) is 23.5 Å². The molecule has 0 N–H and O–H groups in total. The lowest BCUT2D eigenvalue weighted by molar-refractivity contribution is 0.0472. The van der Waals surface area contributed by atoms with Crippen LogP contribution in [0.3, 0.4) is 0 Å². The molecule has 2 aromatic carbocycles. The zero-order chi connectivity index (χ0) is 16.8. The molecular formula is C19H17NO2S2. The minimum atomic E-state index is -0.363. The predicted octanol–water partition coefficient (Wildman–Crippen LogP) is 4.78. The number of benzene rings is 2. The Morgan fingerprint density at radius 2 is 1.83 bits per heavy atom. The van der Waals surface area contributed by atoms with Crippen LogP contribution in [0.4, 0.5) is 0 Å². The topological polar surface area (TPSA) is 50.1 Å². The highest BCUT2D eigenvalue weighted by Crippen LogP contribution is 2.43. The van der Waals surface area contributed by atoms with E-state index in [1.807, 2.05) is 53.9 Å². The summed E-state index contributed by atoms with van der Waals surface area (Å²) in [5.41, 5.74) is 3.04. The van der Waals surface area contributed by atoms with Crippen molar-refractivity contribution in [1.29, 1.82) is 5.26 Å². The maximum absolute atomic E-state index is 12.2. The Labute approximate surface area is 150 Å². The van der Waals surface area contributed by atoms with Gasteiger partial charge in [0.05, 0.1) is 21.8 Å². The third kappa shape index (κ3) is 4.14. The average molecular weight is 355 g/mol. The number of hydrogen-bond donors (Lipinski definition) is 0. The molecule has 1 aliphatic heterocycles. The molecule has 3 nitrogen and oxygen atoms in total. The molecule has 1 aliphatic rings. The van der Waals surface area contributed by atoms with Crippen molar-refractivity contribution in [3.63, 3.8) is 0 Å². The predicted molar refractivity (Wildman–Crippen MR) is 99.0 cm³/mol. The zero-order valence-corrected chi connectivity index (χ0v) is 14.7. The summed E-state index contributed by atoms with van der Waals surface area (Å²) >= 11 is 3.92. The molecule has 1 saturated heterocycles. The molecular weight excluding hydrogens is 338 g/mol. The summed E-state index contributed by atoms with van der Waals surface area (Å²) in [7, 11) is 0. The zero-order valence-electron chi connectivity index (χ0n) is 13.1. The summed E-state index contributed by atoms with van der Waals surface area (Å²) in [6, 6.07) is 16.9. The lowest BCUT2D eigenvalue weighted by Gasteiger charge is -2.21. The van der Waals surface area contributed by atoms with Crippen molar-refractivity contribution in [3.8, 4) is 6.07 Å². The molecule has 0 unspecified atom stereocenters. The third-order valence-corrected chi connectivity index (χ3v) is 6.76. The SMILES string of the molecule is N#Cc1ccccc1COC(=O)c1ccc(C2SCCCS2)cc1. The Morgan fingerprint density at radius 1 is 1.12 bits per heavy atom. The van der Waals surface area contributed by atoms with Gasteiger partial charge in [0.15, 0.2) is 0 Å². The van der Waals surface area contributed by atoms with E-state index >= 15 is 0 Å². The first-order valence-corrected chi connectivity index (χ1v) is 9.86. The normalized spacial score (nSPS) is 14.8. The number of nitrogens with zero attached hydrogens (tertiary/aromatic N) is 1. The molecule has 0 aliphatic carbocycles. The van der Waals surface area contributed by atoms with Crippen molar-refractivity contribution in [2.75, 3.05) is 11.5 Å². The Morgan fingerprint density at radius 3 is 2.54 bits per heavy atom. The molecule has 0 bridgehead atoms. The second-order valence-electron chi connectivity index (χ2n) is 5.39. The lowest BCUT2D eigenvalue weighted by atomic mass is 10.1. The van der Waals surface area contributed by atoms with Crippen LogP contribution in [0.2, 0.25) is 0 Å². The number of esters is 1. The monoisotopic (exact) mass is 355 g/mol. The number of hydrogen-bond acceptors (Lipinski definition) is 5. The van der Waals surface area contributed by atoms with Gasteiger partial charge in [0.2, 0.25) is 0 Å². The maximum atomic E-state index is 12.2. The van der Waals surface area contributed by atoms with E-state index in [2.05, 4.69) is 6.07 Å². The quantitative estimate of drug-likeness (QED) is 0.739. The Bertz CT molecular complexity index is 747. The van der Waals surface area contributed by atoms with Crippen LogP contribution in [0.1, 0.15) is 38.1 Å². The molecule has 0 saturated carbocycles. The minimum absolute atomic E-state index is 0.110. The van der Waals surface area contributed by atoms with Gasteiger partial charge in [-0.25, -0.2) is 4.79 Å². The van der Waals surface area contributed by atoms with Gasteiger partial charge in [-0.05, 0) is 41.7 Å².